The molecule has 2 amide bonds. The summed E-state index contributed by atoms with van der Waals surface area (Å²) in [4.78, 5) is 38.3. The second-order valence-corrected chi connectivity index (χ2v) is 6.27. The van der Waals surface area contributed by atoms with E-state index >= 15 is 0 Å². The minimum Gasteiger partial charge on any atom is -0.454 e. The second-order valence-electron chi connectivity index (χ2n) is 6.27. The zero-order chi connectivity index (χ0) is 20.5. The summed E-state index contributed by atoms with van der Waals surface area (Å²) in [6.07, 6.45) is 1.68. The molecule has 0 saturated carbocycles. The fourth-order valence-electron chi connectivity index (χ4n) is 2.53. The average molecular weight is 389 g/mol. The Labute approximate surface area is 163 Å². The molecule has 0 unspecified atom stereocenters. The van der Waals surface area contributed by atoms with E-state index in [9.17, 15) is 14.4 Å². The Hall–Kier alpha value is -2.94. The van der Waals surface area contributed by atoms with E-state index in [-0.39, 0.29) is 17.0 Å². The molecule has 2 rings (SSSR count). The van der Waals surface area contributed by atoms with Gasteiger partial charge in [0.05, 0.1) is 6.54 Å². The van der Waals surface area contributed by atoms with E-state index in [2.05, 4.69) is 34.7 Å². The Morgan fingerprint density at radius 3 is 2.46 bits per heavy atom. The zero-order valence-corrected chi connectivity index (χ0v) is 16.5. The standard InChI is InChI=1S/C19H27N5O4/c1-4-7-12-24-17(25)11-9-15(22-24)18(26)20-21-19(27)16-10-8-14(28-16)13-23(5-2)6-3/h8-11H,4-7,12-13H2,1-3H3,(H,20,26)(H,21,27). The van der Waals surface area contributed by atoms with Crippen LogP contribution in [0, 0.1) is 0 Å². The normalized spacial score (nSPS) is 10.9. The number of amides is 2. The van der Waals surface area contributed by atoms with E-state index in [0.717, 1.165) is 25.9 Å². The van der Waals surface area contributed by atoms with E-state index in [1.807, 2.05) is 6.92 Å². The largest absolute Gasteiger partial charge is 0.454 e. The summed E-state index contributed by atoms with van der Waals surface area (Å²) in [5.41, 5.74) is 4.35. The predicted octanol–water partition coefficient (Wildman–Crippen LogP) is 1.55. The first-order valence-electron chi connectivity index (χ1n) is 9.48. The first kappa shape index (κ1) is 21.4. The van der Waals surface area contributed by atoms with Gasteiger partial charge in [-0.2, -0.15) is 5.10 Å². The van der Waals surface area contributed by atoms with Crippen LogP contribution >= 0.6 is 0 Å². The molecule has 0 bridgehead atoms. The van der Waals surface area contributed by atoms with Crippen LogP contribution in [0.25, 0.3) is 0 Å². The molecule has 152 valence electrons. The smallest absolute Gasteiger partial charge is 0.305 e. The molecule has 0 fully saturated rings. The highest BCUT2D eigenvalue weighted by molar-refractivity contribution is 5.96. The Morgan fingerprint density at radius 2 is 1.79 bits per heavy atom. The van der Waals surface area contributed by atoms with Crippen LogP contribution in [0.15, 0.2) is 33.5 Å². The number of aromatic nitrogens is 2. The molecule has 0 atom stereocenters. The van der Waals surface area contributed by atoms with Gasteiger partial charge in [0.15, 0.2) is 11.5 Å². The summed E-state index contributed by atoms with van der Waals surface area (Å²) in [5.74, 6) is -0.417. The number of hydrazine groups is 1. The number of furan rings is 1. The van der Waals surface area contributed by atoms with Crippen molar-refractivity contribution in [3.63, 3.8) is 0 Å². The van der Waals surface area contributed by atoms with E-state index in [4.69, 9.17) is 4.42 Å². The first-order valence-corrected chi connectivity index (χ1v) is 9.48. The Bertz CT molecular complexity index is 854. The number of rotatable bonds is 9. The van der Waals surface area contributed by atoms with Gasteiger partial charge >= 0.3 is 5.91 Å². The molecule has 2 aromatic heterocycles. The quantitative estimate of drug-likeness (QED) is 0.630. The molecule has 28 heavy (non-hydrogen) atoms. The summed E-state index contributed by atoms with van der Waals surface area (Å²) in [5, 5.41) is 4.03. The lowest BCUT2D eigenvalue weighted by Gasteiger charge is -2.15. The Balaban J connectivity index is 1.94. The van der Waals surface area contributed by atoms with Gasteiger partial charge in [0.1, 0.15) is 5.76 Å². The molecular weight excluding hydrogens is 362 g/mol. The summed E-state index contributed by atoms with van der Waals surface area (Å²) in [6, 6.07) is 5.90. The van der Waals surface area contributed by atoms with E-state index in [1.54, 1.807) is 12.1 Å². The van der Waals surface area contributed by atoms with Gasteiger partial charge in [-0.3, -0.25) is 30.1 Å². The molecule has 0 radical (unpaired) electrons. The lowest BCUT2D eigenvalue weighted by Crippen LogP contribution is -2.42. The van der Waals surface area contributed by atoms with Crippen molar-refractivity contribution >= 4 is 11.8 Å². The molecule has 2 aromatic rings. The molecule has 9 heteroatoms. The summed E-state index contributed by atoms with van der Waals surface area (Å²) in [7, 11) is 0. The van der Waals surface area contributed by atoms with Crippen molar-refractivity contribution in [2.45, 2.75) is 46.7 Å². The molecule has 0 saturated heterocycles. The maximum absolute atomic E-state index is 12.2. The van der Waals surface area contributed by atoms with Gasteiger partial charge in [0.2, 0.25) is 0 Å². The summed E-state index contributed by atoms with van der Waals surface area (Å²) < 4.78 is 6.77. The van der Waals surface area contributed by atoms with Crippen LogP contribution in [0.4, 0.5) is 0 Å². The van der Waals surface area contributed by atoms with Gasteiger partial charge in [-0.1, -0.05) is 27.2 Å². The molecule has 2 N–H and O–H groups in total. The molecular formula is C19H27N5O4. The van der Waals surface area contributed by atoms with Gasteiger partial charge in [0, 0.05) is 12.6 Å². The number of carbonyl (C=O) groups excluding carboxylic acids is 2. The van der Waals surface area contributed by atoms with Crippen molar-refractivity contribution in [2.75, 3.05) is 13.1 Å². The van der Waals surface area contributed by atoms with Crippen LogP contribution in [0.1, 0.15) is 60.4 Å². The maximum Gasteiger partial charge on any atom is 0.305 e. The van der Waals surface area contributed by atoms with Crippen molar-refractivity contribution in [1.29, 1.82) is 0 Å². The van der Waals surface area contributed by atoms with Crippen molar-refractivity contribution < 1.29 is 14.0 Å². The van der Waals surface area contributed by atoms with Crippen molar-refractivity contribution in [3.05, 3.63) is 51.8 Å². The molecule has 0 spiro atoms. The number of unbranched alkanes of at least 4 members (excludes halogenated alkanes) is 1. The minimum atomic E-state index is -0.617. The van der Waals surface area contributed by atoms with Crippen LogP contribution in [0.2, 0.25) is 0 Å². The number of carbonyl (C=O) groups is 2. The van der Waals surface area contributed by atoms with Gasteiger partial charge in [-0.05, 0) is 37.7 Å². The van der Waals surface area contributed by atoms with Gasteiger partial charge in [0.25, 0.3) is 11.5 Å². The second kappa shape index (κ2) is 10.4. The van der Waals surface area contributed by atoms with E-state index in [1.165, 1.54) is 16.8 Å². The van der Waals surface area contributed by atoms with Crippen LogP contribution in [0.5, 0.6) is 0 Å². The third kappa shape index (κ3) is 5.78. The van der Waals surface area contributed by atoms with Crippen molar-refractivity contribution in [2.24, 2.45) is 0 Å². The van der Waals surface area contributed by atoms with Crippen LogP contribution < -0.4 is 16.4 Å². The number of aryl methyl sites for hydroxylation is 1. The summed E-state index contributed by atoms with van der Waals surface area (Å²) in [6.45, 7) is 8.90. The lowest BCUT2D eigenvalue weighted by atomic mass is 10.3. The Kier molecular flexibility index (Phi) is 7.94. The van der Waals surface area contributed by atoms with Crippen molar-refractivity contribution in [3.8, 4) is 0 Å². The summed E-state index contributed by atoms with van der Waals surface area (Å²) >= 11 is 0. The highest BCUT2D eigenvalue weighted by Gasteiger charge is 2.15. The van der Waals surface area contributed by atoms with E-state index in [0.29, 0.717) is 18.8 Å². The third-order valence-electron chi connectivity index (χ3n) is 4.27. The molecule has 0 aliphatic rings. The van der Waals surface area contributed by atoms with E-state index < -0.39 is 11.8 Å². The predicted molar refractivity (Wildman–Crippen MR) is 104 cm³/mol. The fourth-order valence-corrected chi connectivity index (χ4v) is 2.53. The number of nitrogens with one attached hydrogen (secondary N) is 2. The SMILES string of the molecule is CCCCn1nc(C(=O)NNC(=O)c2ccc(CN(CC)CC)o2)ccc1=O. The van der Waals surface area contributed by atoms with Crippen molar-refractivity contribution in [1.82, 2.24) is 25.5 Å². The average Bonchev–Trinajstić information content (AvgIpc) is 3.18. The highest BCUT2D eigenvalue weighted by Crippen LogP contribution is 2.10. The van der Waals surface area contributed by atoms with Gasteiger partial charge < -0.3 is 4.42 Å². The van der Waals surface area contributed by atoms with Crippen LogP contribution in [-0.4, -0.2) is 39.6 Å². The number of hydrogen-bond donors (Lipinski definition) is 2. The zero-order valence-electron chi connectivity index (χ0n) is 16.5. The molecule has 0 aromatic carbocycles. The monoisotopic (exact) mass is 389 g/mol. The van der Waals surface area contributed by atoms with Crippen LogP contribution in [0.3, 0.4) is 0 Å². The minimum absolute atomic E-state index is 0.0395. The molecule has 0 aliphatic heterocycles. The first-order chi connectivity index (χ1) is 13.5. The topological polar surface area (TPSA) is 109 Å². The third-order valence-corrected chi connectivity index (χ3v) is 4.27. The van der Waals surface area contributed by atoms with Gasteiger partial charge in [-0.15, -0.1) is 0 Å². The Morgan fingerprint density at radius 1 is 1.07 bits per heavy atom. The van der Waals surface area contributed by atoms with Crippen LogP contribution in [-0.2, 0) is 13.1 Å². The molecule has 0 aliphatic carbocycles. The lowest BCUT2D eigenvalue weighted by molar-refractivity contribution is 0.0825. The molecule has 9 nitrogen and oxygen atoms in total. The number of hydrogen-bond acceptors (Lipinski definition) is 6. The number of nitrogens with zero attached hydrogens (tertiary/aromatic N) is 3. The van der Waals surface area contributed by atoms with Gasteiger partial charge in [-0.25, -0.2) is 4.68 Å². The fraction of sp³-hybridized carbons (Fsp3) is 0.474. The maximum atomic E-state index is 12.2. The molecule has 2 heterocycles. The highest BCUT2D eigenvalue weighted by atomic mass is 16.4.